The van der Waals surface area contributed by atoms with E-state index >= 15 is 0 Å². The molecule has 2 rings (SSSR count). The molecule has 0 fully saturated rings. The molecule has 0 spiro atoms. The number of hydrogen-bond donors (Lipinski definition) is 0. The Morgan fingerprint density at radius 2 is 2.00 bits per heavy atom. The number of rotatable bonds is 7. The van der Waals surface area contributed by atoms with Gasteiger partial charge in [0.15, 0.2) is 5.82 Å². The maximum Gasteiger partial charge on any atom is 0.338 e. The van der Waals surface area contributed by atoms with Crippen LogP contribution in [0.25, 0.3) is 0 Å². The molecule has 7 nitrogen and oxygen atoms in total. The van der Waals surface area contributed by atoms with Crippen LogP contribution in [-0.4, -0.2) is 32.3 Å². The molecule has 0 amide bonds. The van der Waals surface area contributed by atoms with Crippen molar-refractivity contribution in [2.24, 2.45) is 0 Å². The zero-order valence-corrected chi connectivity index (χ0v) is 13.0. The Balaban J connectivity index is 1.94. The Morgan fingerprint density at radius 1 is 1.27 bits per heavy atom. The second-order valence-electron chi connectivity index (χ2n) is 5.09. The summed E-state index contributed by atoms with van der Waals surface area (Å²) >= 11 is 0. The maximum absolute atomic E-state index is 11.7. The minimum absolute atomic E-state index is 0.138. The van der Waals surface area contributed by atoms with Crippen molar-refractivity contribution in [2.75, 3.05) is 0 Å². The van der Waals surface area contributed by atoms with Crippen LogP contribution in [0.1, 0.15) is 43.4 Å². The number of tetrazole rings is 1. The van der Waals surface area contributed by atoms with Gasteiger partial charge in [0, 0.05) is 6.54 Å². The van der Waals surface area contributed by atoms with Crippen LogP contribution in [0.4, 0.5) is 0 Å². The first kappa shape index (κ1) is 15.9. The number of benzene rings is 1. The predicted molar refractivity (Wildman–Crippen MR) is 79.4 cm³/mol. The van der Waals surface area contributed by atoms with Crippen LogP contribution in [0.3, 0.4) is 0 Å². The average molecular weight is 304 g/mol. The number of aryl methyl sites for hydroxylation is 1. The molecule has 1 aromatic carbocycles. The van der Waals surface area contributed by atoms with Crippen molar-refractivity contribution in [3.8, 4) is 5.75 Å². The molecule has 1 heterocycles. The first-order valence-corrected chi connectivity index (χ1v) is 7.29. The van der Waals surface area contributed by atoms with Crippen LogP contribution in [-0.2, 0) is 17.9 Å². The van der Waals surface area contributed by atoms with Gasteiger partial charge in [0.2, 0.25) is 0 Å². The van der Waals surface area contributed by atoms with Crippen LogP contribution < -0.4 is 4.74 Å². The molecular formula is C15H20N4O3. The molecule has 0 N–H and O–H groups in total. The van der Waals surface area contributed by atoms with Gasteiger partial charge >= 0.3 is 5.97 Å². The fourth-order valence-electron chi connectivity index (χ4n) is 1.83. The molecule has 7 heteroatoms. The van der Waals surface area contributed by atoms with Crippen molar-refractivity contribution in [3.05, 3.63) is 35.7 Å². The molecule has 22 heavy (non-hydrogen) atoms. The Hall–Kier alpha value is -2.44. The number of esters is 1. The minimum Gasteiger partial charge on any atom is -0.486 e. The summed E-state index contributed by atoms with van der Waals surface area (Å²) in [5.74, 6) is 0.978. The summed E-state index contributed by atoms with van der Waals surface area (Å²) in [4.78, 5) is 11.7. The second kappa shape index (κ2) is 7.53. The topological polar surface area (TPSA) is 79.1 Å². The second-order valence-corrected chi connectivity index (χ2v) is 5.09. The molecule has 0 aliphatic carbocycles. The van der Waals surface area contributed by atoms with Crippen LogP contribution >= 0.6 is 0 Å². The summed E-state index contributed by atoms with van der Waals surface area (Å²) in [5.41, 5.74) is 0.497. The van der Waals surface area contributed by atoms with Crippen molar-refractivity contribution in [1.29, 1.82) is 0 Å². The van der Waals surface area contributed by atoms with E-state index in [1.54, 1.807) is 28.9 Å². The molecule has 0 unspecified atom stereocenters. The fraction of sp³-hybridized carbons (Fsp3) is 0.467. The summed E-state index contributed by atoms with van der Waals surface area (Å²) in [5, 5.41) is 11.5. The van der Waals surface area contributed by atoms with E-state index in [4.69, 9.17) is 9.47 Å². The highest BCUT2D eigenvalue weighted by molar-refractivity contribution is 5.89. The number of hydrogen-bond acceptors (Lipinski definition) is 6. The molecule has 0 saturated carbocycles. The van der Waals surface area contributed by atoms with Crippen molar-refractivity contribution in [1.82, 2.24) is 20.2 Å². The number of ether oxygens (including phenoxy) is 2. The summed E-state index contributed by atoms with van der Waals surface area (Å²) < 4.78 is 12.5. The number of nitrogens with zero attached hydrogens (tertiary/aromatic N) is 4. The summed E-state index contributed by atoms with van der Waals surface area (Å²) in [7, 11) is 0. The lowest BCUT2D eigenvalue weighted by molar-refractivity contribution is 0.0378. The molecule has 0 saturated heterocycles. The van der Waals surface area contributed by atoms with Crippen LogP contribution in [0.2, 0.25) is 0 Å². The normalized spacial score (nSPS) is 10.7. The zero-order chi connectivity index (χ0) is 15.9. The largest absolute Gasteiger partial charge is 0.486 e. The maximum atomic E-state index is 11.7. The number of carbonyl (C=O) groups excluding carboxylic acids is 1. The third-order valence-electron chi connectivity index (χ3n) is 2.84. The lowest BCUT2D eigenvalue weighted by Crippen LogP contribution is -2.11. The highest BCUT2D eigenvalue weighted by Gasteiger charge is 2.10. The van der Waals surface area contributed by atoms with E-state index in [1.807, 2.05) is 13.8 Å². The van der Waals surface area contributed by atoms with Gasteiger partial charge in [-0.05, 0) is 55.0 Å². The Labute approximate surface area is 129 Å². The lowest BCUT2D eigenvalue weighted by atomic mass is 10.2. The molecule has 0 aliphatic rings. The molecule has 118 valence electrons. The molecular weight excluding hydrogens is 284 g/mol. The zero-order valence-electron chi connectivity index (χ0n) is 13.0. The first-order valence-electron chi connectivity index (χ1n) is 7.29. The first-order chi connectivity index (χ1) is 10.6. The Kier molecular flexibility index (Phi) is 5.46. The predicted octanol–water partition coefficient (Wildman–Crippen LogP) is 2.23. The van der Waals surface area contributed by atoms with Gasteiger partial charge in [-0.15, -0.1) is 5.10 Å². The highest BCUT2D eigenvalue weighted by atomic mass is 16.5. The smallest absolute Gasteiger partial charge is 0.338 e. The van der Waals surface area contributed by atoms with Crippen molar-refractivity contribution in [2.45, 2.75) is 46.4 Å². The Bertz CT molecular complexity index is 608. The summed E-state index contributed by atoms with van der Waals surface area (Å²) in [6, 6.07) is 6.81. The van der Waals surface area contributed by atoms with E-state index in [2.05, 4.69) is 22.4 Å². The van der Waals surface area contributed by atoms with E-state index in [1.165, 1.54) is 0 Å². The van der Waals surface area contributed by atoms with Gasteiger partial charge < -0.3 is 9.47 Å². The van der Waals surface area contributed by atoms with E-state index in [0.717, 1.165) is 13.0 Å². The molecule has 0 bridgehead atoms. The van der Waals surface area contributed by atoms with E-state index in [0.29, 0.717) is 17.1 Å². The molecule has 0 atom stereocenters. The van der Waals surface area contributed by atoms with Crippen molar-refractivity contribution < 1.29 is 14.3 Å². The lowest BCUT2D eigenvalue weighted by Gasteiger charge is -2.09. The van der Waals surface area contributed by atoms with E-state index < -0.39 is 0 Å². The van der Waals surface area contributed by atoms with Crippen LogP contribution in [0.5, 0.6) is 5.75 Å². The van der Waals surface area contributed by atoms with E-state index in [9.17, 15) is 4.79 Å². The summed E-state index contributed by atoms with van der Waals surface area (Å²) in [6.07, 6.45) is 0.811. The third-order valence-corrected chi connectivity index (χ3v) is 2.84. The number of carbonyl (C=O) groups is 1. The third kappa shape index (κ3) is 4.28. The van der Waals surface area contributed by atoms with Gasteiger partial charge in [-0.3, -0.25) is 0 Å². The van der Waals surface area contributed by atoms with Gasteiger partial charge in [-0.25, -0.2) is 9.48 Å². The van der Waals surface area contributed by atoms with E-state index in [-0.39, 0.29) is 18.7 Å². The fourth-order valence-corrected chi connectivity index (χ4v) is 1.83. The molecule has 2 aromatic rings. The molecule has 0 aliphatic heterocycles. The van der Waals surface area contributed by atoms with Gasteiger partial charge in [0.25, 0.3) is 0 Å². The number of aromatic nitrogens is 4. The van der Waals surface area contributed by atoms with Crippen LogP contribution in [0, 0.1) is 0 Å². The van der Waals surface area contributed by atoms with Gasteiger partial charge in [-0.2, -0.15) is 0 Å². The molecule has 1 aromatic heterocycles. The average Bonchev–Trinajstić information content (AvgIpc) is 2.93. The standard InChI is InChI=1S/C15H20N4O3/c1-4-9-19-14(16-17-18-19)10-21-13-7-5-12(6-8-13)15(20)22-11(2)3/h5-8,11H,4,9-10H2,1-3H3. The summed E-state index contributed by atoms with van der Waals surface area (Å²) in [6.45, 7) is 6.72. The minimum atomic E-state index is -0.339. The van der Waals surface area contributed by atoms with Crippen LogP contribution in [0.15, 0.2) is 24.3 Å². The van der Waals surface area contributed by atoms with Gasteiger partial charge in [0.1, 0.15) is 12.4 Å². The Morgan fingerprint density at radius 3 is 2.64 bits per heavy atom. The monoisotopic (exact) mass is 304 g/mol. The highest BCUT2D eigenvalue weighted by Crippen LogP contribution is 2.14. The quantitative estimate of drug-likeness (QED) is 0.730. The van der Waals surface area contributed by atoms with Gasteiger partial charge in [0.05, 0.1) is 11.7 Å². The SMILES string of the molecule is CCCn1nnnc1COc1ccc(C(=O)OC(C)C)cc1. The van der Waals surface area contributed by atoms with Crippen molar-refractivity contribution >= 4 is 5.97 Å². The molecule has 0 radical (unpaired) electrons. The van der Waals surface area contributed by atoms with Gasteiger partial charge in [-0.1, -0.05) is 6.92 Å². The van der Waals surface area contributed by atoms with Crippen molar-refractivity contribution in [3.63, 3.8) is 0 Å².